The molecule has 0 bridgehead atoms. The third-order valence-corrected chi connectivity index (χ3v) is 3.21. The van der Waals surface area contributed by atoms with Crippen LogP contribution in [0.4, 0.5) is 0 Å². The summed E-state index contributed by atoms with van der Waals surface area (Å²) in [6.45, 7) is 0. The number of carboxylic acid groups (broad SMARTS) is 2. The summed E-state index contributed by atoms with van der Waals surface area (Å²) < 4.78 is 11.1. The van der Waals surface area contributed by atoms with Crippen molar-refractivity contribution in [2.75, 3.05) is 12.3 Å². The second-order valence-electron chi connectivity index (χ2n) is 2.86. The Kier molecular flexibility index (Phi) is 4.76. The van der Waals surface area contributed by atoms with Gasteiger partial charge in [0.2, 0.25) is 7.37 Å². The number of nitrogens with two attached hydrogens (primary N) is 1. The lowest BCUT2D eigenvalue weighted by Crippen LogP contribution is -2.31. The maximum absolute atomic E-state index is 11.1. The normalized spacial score (nSPS) is 17.0. The lowest BCUT2D eigenvalue weighted by Gasteiger charge is -2.10. The summed E-state index contributed by atoms with van der Waals surface area (Å²) >= 11 is 0. The summed E-state index contributed by atoms with van der Waals surface area (Å²) in [5, 5.41) is 16.6. The van der Waals surface area contributed by atoms with Crippen LogP contribution in [0, 0.1) is 0 Å². The minimum Gasteiger partial charge on any atom is -0.481 e. The van der Waals surface area contributed by atoms with Crippen molar-refractivity contribution in [3.63, 3.8) is 0 Å². The molecular formula is C6H12NO6P. The van der Waals surface area contributed by atoms with E-state index in [0.29, 0.717) is 0 Å². The van der Waals surface area contributed by atoms with Gasteiger partial charge >= 0.3 is 11.9 Å². The van der Waals surface area contributed by atoms with Crippen molar-refractivity contribution in [3.05, 3.63) is 0 Å². The molecule has 0 amide bonds. The molecule has 2 atom stereocenters. The second-order valence-corrected chi connectivity index (χ2v) is 5.31. The first kappa shape index (κ1) is 13.1. The summed E-state index contributed by atoms with van der Waals surface area (Å²) in [4.78, 5) is 29.4. The lowest BCUT2D eigenvalue weighted by molar-refractivity contribution is -0.138. The van der Waals surface area contributed by atoms with E-state index >= 15 is 0 Å². The van der Waals surface area contributed by atoms with Gasteiger partial charge in [0.25, 0.3) is 0 Å². The van der Waals surface area contributed by atoms with Crippen molar-refractivity contribution in [3.8, 4) is 0 Å². The maximum atomic E-state index is 11.1. The summed E-state index contributed by atoms with van der Waals surface area (Å²) in [5.74, 6) is -2.67. The molecule has 1 unspecified atom stereocenters. The van der Waals surface area contributed by atoms with Crippen LogP contribution in [-0.2, 0) is 14.2 Å². The van der Waals surface area contributed by atoms with Crippen molar-refractivity contribution in [2.45, 2.75) is 12.5 Å². The smallest absolute Gasteiger partial charge is 0.320 e. The van der Waals surface area contributed by atoms with Crippen LogP contribution in [0.1, 0.15) is 6.42 Å². The van der Waals surface area contributed by atoms with Gasteiger partial charge in [0.15, 0.2) is 0 Å². The standard InChI is InChI=1S/C6H12NO6P/c7-4(6(10)11)1-2-14(12,13)3-5(8)9/h4H,1-3,7H2,(H,8,9)(H,10,11)(H,12,13)/t4-/m0/s1. The molecule has 14 heavy (non-hydrogen) atoms. The molecule has 0 saturated carbocycles. The first-order chi connectivity index (χ1) is 6.24. The van der Waals surface area contributed by atoms with Gasteiger partial charge in [-0.15, -0.1) is 0 Å². The van der Waals surface area contributed by atoms with Gasteiger partial charge in [-0.1, -0.05) is 0 Å². The highest BCUT2D eigenvalue weighted by atomic mass is 31.2. The highest BCUT2D eigenvalue weighted by Gasteiger charge is 2.24. The minimum atomic E-state index is -3.79. The van der Waals surface area contributed by atoms with Crippen molar-refractivity contribution in [2.24, 2.45) is 5.73 Å². The molecule has 0 aromatic rings. The number of carboxylic acids is 2. The van der Waals surface area contributed by atoms with E-state index in [2.05, 4.69) is 0 Å². The predicted octanol–water partition coefficient (Wildman–Crippen LogP) is -0.857. The molecule has 0 radical (unpaired) electrons. The predicted molar refractivity (Wildman–Crippen MR) is 47.4 cm³/mol. The van der Waals surface area contributed by atoms with Crippen molar-refractivity contribution < 1.29 is 29.3 Å². The first-order valence-electron chi connectivity index (χ1n) is 3.75. The third-order valence-electron chi connectivity index (χ3n) is 1.49. The number of aliphatic carboxylic acids is 2. The molecule has 0 spiro atoms. The fourth-order valence-electron chi connectivity index (χ4n) is 0.755. The zero-order chi connectivity index (χ0) is 11.4. The van der Waals surface area contributed by atoms with E-state index in [4.69, 9.17) is 20.8 Å². The van der Waals surface area contributed by atoms with Crippen LogP contribution in [0.15, 0.2) is 0 Å². The molecule has 0 aliphatic rings. The number of hydrogen-bond acceptors (Lipinski definition) is 4. The average molecular weight is 225 g/mol. The van der Waals surface area contributed by atoms with E-state index in [1.165, 1.54) is 0 Å². The van der Waals surface area contributed by atoms with Gasteiger partial charge in [0, 0.05) is 6.16 Å². The highest BCUT2D eigenvalue weighted by molar-refractivity contribution is 7.58. The Hall–Kier alpha value is -0.910. The van der Waals surface area contributed by atoms with E-state index in [9.17, 15) is 14.2 Å². The monoisotopic (exact) mass is 225 g/mol. The van der Waals surface area contributed by atoms with Crippen LogP contribution in [-0.4, -0.2) is 45.4 Å². The van der Waals surface area contributed by atoms with Gasteiger partial charge in [-0.05, 0) is 6.42 Å². The summed E-state index contributed by atoms with van der Waals surface area (Å²) in [6, 6.07) is -1.23. The van der Waals surface area contributed by atoms with Gasteiger partial charge in [-0.2, -0.15) is 0 Å². The van der Waals surface area contributed by atoms with E-state index in [1.54, 1.807) is 0 Å². The molecule has 0 aliphatic heterocycles. The molecule has 0 fully saturated rings. The van der Waals surface area contributed by atoms with Gasteiger partial charge in [-0.25, -0.2) is 0 Å². The molecule has 0 heterocycles. The molecule has 5 N–H and O–H groups in total. The van der Waals surface area contributed by atoms with E-state index in [0.717, 1.165) is 0 Å². The molecule has 0 aromatic carbocycles. The Morgan fingerprint density at radius 2 is 1.86 bits per heavy atom. The second kappa shape index (κ2) is 5.09. The van der Waals surface area contributed by atoms with Gasteiger partial charge in [0.1, 0.15) is 12.2 Å². The van der Waals surface area contributed by atoms with Crippen molar-refractivity contribution in [1.29, 1.82) is 0 Å². The van der Waals surface area contributed by atoms with Crippen molar-refractivity contribution in [1.82, 2.24) is 0 Å². The van der Waals surface area contributed by atoms with Gasteiger partial charge < -0.3 is 20.8 Å². The molecule has 8 heteroatoms. The van der Waals surface area contributed by atoms with E-state index < -0.39 is 37.7 Å². The summed E-state index contributed by atoms with van der Waals surface area (Å²) in [7, 11) is -3.79. The lowest BCUT2D eigenvalue weighted by atomic mass is 10.2. The Labute approximate surface area is 80.0 Å². The van der Waals surface area contributed by atoms with Crippen LogP contribution in [0.25, 0.3) is 0 Å². The Bertz CT molecular complexity index is 277. The molecular weight excluding hydrogens is 213 g/mol. The molecule has 82 valence electrons. The van der Waals surface area contributed by atoms with Crippen LogP contribution >= 0.6 is 7.37 Å². The number of rotatable bonds is 6. The number of hydrogen-bond donors (Lipinski definition) is 4. The average Bonchev–Trinajstić information content (AvgIpc) is 1.97. The van der Waals surface area contributed by atoms with E-state index in [1.807, 2.05) is 0 Å². The van der Waals surface area contributed by atoms with Gasteiger partial charge in [0.05, 0.1) is 0 Å². The van der Waals surface area contributed by atoms with Gasteiger partial charge in [-0.3, -0.25) is 14.2 Å². The fraction of sp³-hybridized carbons (Fsp3) is 0.667. The largest absolute Gasteiger partial charge is 0.481 e. The minimum absolute atomic E-state index is 0.212. The van der Waals surface area contributed by atoms with Crippen molar-refractivity contribution >= 4 is 19.3 Å². The van der Waals surface area contributed by atoms with Crippen LogP contribution < -0.4 is 5.73 Å². The Morgan fingerprint density at radius 3 is 2.21 bits per heavy atom. The fourth-order valence-corrected chi connectivity index (χ4v) is 2.02. The zero-order valence-corrected chi connectivity index (χ0v) is 8.18. The summed E-state index contributed by atoms with van der Waals surface area (Å²) in [5.41, 5.74) is 5.08. The molecule has 0 aromatic heterocycles. The van der Waals surface area contributed by atoms with E-state index in [-0.39, 0.29) is 6.42 Å². The maximum Gasteiger partial charge on any atom is 0.320 e. The Balaban J connectivity index is 4.05. The van der Waals surface area contributed by atoms with Crippen LogP contribution in [0.2, 0.25) is 0 Å². The van der Waals surface area contributed by atoms with Crippen LogP contribution in [0.5, 0.6) is 0 Å². The van der Waals surface area contributed by atoms with Crippen LogP contribution in [0.3, 0.4) is 0 Å². The molecule has 0 rings (SSSR count). The topological polar surface area (TPSA) is 138 Å². The molecule has 7 nitrogen and oxygen atoms in total. The first-order valence-corrected chi connectivity index (χ1v) is 5.78. The molecule has 0 aliphatic carbocycles. The summed E-state index contributed by atoms with van der Waals surface area (Å²) in [6.07, 6.45) is -1.47. The zero-order valence-electron chi connectivity index (χ0n) is 7.29. The quantitative estimate of drug-likeness (QED) is 0.431. The Morgan fingerprint density at radius 1 is 1.36 bits per heavy atom. The highest BCUT2D eigenvalue weighted by Crippen LogP contribution is 2.40. The number of carbonyl (C=O) groups is 2. The molecule has 0 saturated heterocycles. The SMILES string of the molecule is N[C@@H](CCP(=O)(O)CC(=O)O)C(=O)O. The third kappa shape index (κ3) is 5.69.